The molecule has 100 valence electrons. The van der Waals surface area contributed by atoms with Gasteiger partial charge in [0, 0.05) is 11.3 Å². The molecule has 1 aromatic carbocycles. The summed E-state index contributed by atoms with van der Waals surface area (Å²) in [6.07, 6.45) is 8.83. The van der Waals surface area contributed by atoms with Gasteiger partial charge in [-0.3, -0.25) is 4.79 Å². The second-order valence-corrected chi connectivity index (χ2v) is 4.71. The first-order valence-electron chi connectivity index (χ1n) is 6.55. The normalized spacial score (nSPS) is 17.6. The average molecular weight is 265 g/mol. The molecule has 4 nitrogen and oxygen atoms in total. The van der Waals surface area contributed by atoms with Crippen molar-refractivity contribution in [3.63, 3.8) is 0 Å². The number of benzene rings is 1. The van der Waals surface area contributed by atoms with Crippen LogP contribution in [0.25, 0.3) is 0 Å². The molecule has 0 radical (unpaired) electrons. The van der Waals surface area contributed by atoms with Crippen molar-refractivity contribution in [2.75, 3.05) is 5.32 Å². The van der Waals surface area contributed by atoms with Crippen molar-refractivity contribution in [3.05, 3.63) is 65.1 Å². The molecule has 0 fully saturated rings. The van der Waals surface area contributed by atoms with E-state index in [1.165, 1.54) is 0 Å². The summed E-state index contributed by atoms with van der Waals surface area (Å²) in [7, 11) is 0. The largest absolute Gasteiger partial charge is 0.382 e. The number of allylic oxidation sites excluding steroid dienone is 5. The molecule has 0 saturated carbocycles. The zero-order valence-corrected chi connectivity index (χ0v) is 11.0. The van der Waals surface area contributed by atoms with Gasteiger partial charge in [-0.1, -0.05) is 36.4 Å². The van der Waals surface area contributed by atoms with Crippen LogP contribution in [-0.4, -0.2) is 12.0 Å². The first-order chi connectivity index (χ1) is 9.79. The van der Waals surface area contributed by atoms with E-state index in [-0.39, 0.29) is 5.82 Å². The summed E-state index contributed by atoms with van der Waals surface area (Å²) >= 11 is 0. The summed E-state index contributed by atoms with van der Waals surface area (Å²) in [5.74, 6) is 0.224. The number of aldehydes is 1. The molecule has 3 N–H and O–H groups in total. The lowest BCUT2D eigenvalue weighted by Crippen LogP contribution is -2.09. The van der Waals surface area contributed by atoms with E-state index in [1.807, 2.05) is 30.3 Å². The van der Waals surface area contributed by atoms with Gasteiger partial charge in [0.2, 0.25) is 0 Å². The summed E-state index contributed by atoms with van der Waals surface area (Å²) in [6, 6.07) is 7.79. The third-order valence-electron chi connectivity index (χ3n) is 3.40. The number of rotatable bonds is 2. The van der Waals surface area contributed by atoms with Gasteiger partial charge in [-0.2, -0.15) is 0 Å². The molecule has 0 aromatic heterocycles. The van der Waals surface area contributed by atoms with Gasteiger partial charge in [0.1, 0.15) is 5.70 Å². The Hall–Kier alpha value is -2.62. The van der Waals surface area contributed by atoms with Crippen LogP contribution in [0.5, 0.6) is 0 Å². The lowest BCUT2D eigenvalue weighted by molar-refractivity contribution is -0.104. The highest BCUT2D eigenvalue weighted by atomic mass is 16.1. The Balaban J connectivity index is 2.19. The SMILES string of the molecule is NC1=C(C=O)Nc2ccccc2C(C2=CC=CCC2)=N1. The molecule has 20 heavy (non-hydrogen) atoms. The third-order valence-corrected chi connectivity index (χ3v) is 3.40. The highest BCUT2D eigenvalue weighted by Crippen LogP contribution is 2.27. The number of hydrogen-bond donors (Lipinski definition) is 2. The number of fused-ring (bicyclic) bond motifs is 1. The smallest absolute Gasteiger partial charge is 0.170 e. The second-order valence-electron chi connectivity index (χ2n) is 4.71. The highest BCUT2D eigenvalue weighted by molar-refractivity contribution is 6.17. The van der Waals surface area contributed by atoms with Crippen LogP contribution >= 0.6 is 0 Å². The van der Waals surface area contributed by atoms with E-state index in [0.29, 0.717) is 12.0 Å². The zero-order chi connectivity index (χ0) is 13.9. The fourth-order valence-corrected chi connectivity index (χ4v) is 2.38. The molecule has 0 unspecified atom stereocenters. The average Bonchev–Trinajstić information content (AvgIpc) is 2.65. The summed E-state index contributed by atoms with van der Waals surface area (Å²) in [5.41, 5.74) is 10.0. The van der Waals surface area contributed by atoms with Crippen LogP contribution in [-0.2, 0) is 4.79 Å². The Bertz CT molecular complexity index is 681. The van der Waals surface area contributed by atoms with E-state index < -0.39 is 0 Å². The minimum absolute atomic E-state index is 0.224. The molecule has 1 aliphatic carbocycles. The predicted octanol–water partition coefficient (Wildman–Crippen LogP) is 2.50. The molecule has 0 atom stereocenters. The maximum absolute atomic E-state index is 11.1. The first kappa shape index (κ1) is 12.4. The standard InChI is InChI=1S/C16H15N3O/c17-16-14(10-20)18-13-9-5-4-8-12(13)15(19-16)11-6-2-1-3-7-11/h1-2,4-6,8-10,18H,3,7,17H2. The third kappa shape index (κ3) is 2.16. The number of anilines is 1. The van der Waals surface area contributed by atoms with Crippen molar-refractivity contribution in [1.29, 1.82) is 0 Å². The van der Waals surface area contributed by atoms with Gasteiger partial charge in [-0.05, 0) is 24.5 Å². The molecule has 1 aromatic rings. The Morgan fingerprint density at radius 3 is 2.90 bits per heavy atom. The maximum Gasteiger partial charge on any atom is 0.170 e. The highest BCUT2D eigenvalue weighted by Gasteiger charge is 2.19. The molecule has 0 amide bonds. The van der Waals surface area contributed by atoms with Gasteiger partial charge >= 0.3 is 0 Å². The fourth-order valence-electron chi connectivity index (χ4n) is 2.38. The molecule has 1 aliphatic heterocycles. The molecule has 0 bridgehead atoms. The quantitative estimate of drug-likeness (QED) is 0.807. The Morgan fingerprint density at radius 2 is 2.15 bits per heavy atom. The molecule has 0 saturated heterocycles. The minimum atomic E-state index is 0.224. The van der Waals surface area contributed by atoms with Gasteiger partial charge in [-0.25, -0.2) is 4.99 Å². The van der Waals surface area contributed by atoms with E-state index >= 15 is 0 Å². The van der Waals surface area contributed by atoms with E-state index in [2.05, 4.69) is 22.5 Å². The van der Waals surface area contributed by atoms with E-state index in [0.717, 1.165) is 35.4 Å². The summed E-state index contributed by atoms with van der Waals surface area (Å²) in [5, 5.41) is 3.05. The second kappa shape index (κ2) is 5.17. The van der Waals surface area contributed by atoms with Crippen LogP contribution in [0.2, 0.25) is 0 Å². The van der Waals surface area contributed by atoms with Gasteiger partial charge < -0.3 is 11.1 Å². The van der Waals surface area contributed by atoms with Gasteiger partial charge in [0.25, 0.3) is 0 Å². The van der Waals surface area contributed by atoms with Crippen LogP contribution in [0.15, 0.2) is 64.6 Å². The number of para-hydroxylation sites is 1. The van der Waals surface area contributed by atoms with Crippen molar-refractivity contribution < 1.29 is 4.79 Å². The summed E-state index contributed by atoms with van der Waals surface area (Å²) in [6.45, 7) is 0. The van der Waals surface area contributed by atoms with Crippen LogP contribution in [0.1, 0.15) is 18.4 Å². The Labute approximate surface area is 117 Å². The number of nitrogens with one attached hydrogen (secondary N) is 1. The monoisotopic (exact) mass is 265 g/mol. The van der Waals surface area contributed by atoms with Crippen LogP contribution in [0, 0.1) is 0 Å². The number of carbonyl (C=O) groups excluding carboxylic acids is 1. The van der Waals surface area contributed by atoms with Crippen molar-refractivity contribution in [2.45, 2.75) is 12.8 Å². The van der Waals surface area contributed by atoms with Crippen molar-refractivity contribution in [1.82, 2.24) is 0 Å². The number of hydrogen-bond acceptors (Lipinski definition) is 4. The maximum atomic E-state index is 11.1. The van der Waals surface area contributed by atoms with Crippen LogP contribution in [0.4, 0.5) is 5.69 Å². The molecule has 4 heteroatoms. The molecular weight excluding hydrogens is 250 g/mol. The fraction of sp³-hybridized carbons (Fsp3) is 0.125. The van der Waals surface area contributed by atoms with Gasteiger partial charge in [0.05, 0.1) is 5.71 Å². The number of nitrogens with two attached hydrogens (primary N) is 1. The molecule has 2 aliphatic rings. The van der Waals surface area contributed by atoms with E-state index in [1.54, 1.807) is 0 Å². The summed E-state index contributed by atoms with van der Waals surface area (Å²) in [4.78, 5) is 15.6. The van der Waals surface area contributed by atoms with Crippen molar-refractivity contribution in [2.24, 2.45) is 10.7 Å². The molecular formula is C16H15N3O. The van der Waals surface area contributed by atoms with Crippen molar-refractivity contribution >= 4 is 17.7 Å². The zero-order valence-electron chi connectivity index (χ0n) is 11.0. The Morgan fingerprint density at radius 1 is 1.30 bits per heavy atom. The lowest BCUT2D eigenvalue weighted by atomic mass is 9.94. The lowest BCUT2D eigenvalue weighted by Gasteiger charge is -2.14. The van der Waals surface area contributed by atoms with Crippen LogP contribution < -0.4 is 11.1 Å². The van der Waals surface area contributed by atoms with Crippen LogP contribution in [0.3, 0.4) is 0 Å². The Kier molecular flexibility index (Phi) is 3.21. The minimum Gasteiger partial charge on any atom is -0.382 e. The first-order valence-corrected chi connectivity index (χ1v) is 6.55. The summed E-state index contributed by atoms with van der Waals surface area (Å²) < 4.78 is 0. The van der Waals surface area contributed by atoms with Gasteiger partial charge in [0.15, 0.2) is 12.1 Å². The molecule has 0 spiro atoms. The molecule has 1 heterocycles. The number of carbonyl (C=O) groups is 1. The number of aliphatic imine (C=N–C) groups is 1. The molecule has 3 rings (SSSR count). The topological polar surface area (TPSA) is 67.5 Å². The van der Waals surface area contributed by atoms with E-state index in [4.69, 9.17) is 5.73 Å². The van der Waals surface area contributed by atoms with Crippen molar-refractivity contribution in [3.8, 4) is 0 Å². The number of nitrogens with zero attached hydrogens (tertiary/aromatic N) is 1. The predicted molar refractivity (Wildman–Crippen MR) is 80.3 cm³/mol. The van der Waals surface area contributed by atoms with Gasteiger partial charge in [-0.15, -0.1) is 0 Å². The van der Waals surface area contributed by atoms with E-state index in [9.17, 15) is 4.79 Å².